The first-order chi connectivity index (χ1) is 7.84. The summed E-state index contributed by atoms with van der Waals surface area (Å²) < 4.78 is 4.96. The molecule has 0 spiro atoms. The van der Waals surface area contributed by atoms with E-state index in [0.717, 1.165) is 13.8 Å². The third kappa shape index (κ3) is 4.88. The molecule has 0 aliphatic carbocycles. The molecule has 0 rings (SSSR count). The molecular weight excluding hydrogens is 232 g/mol. The summed E-state index contributed by atoms with van der Waals surface area (Å²) in [7, 11) is 0. The molecule has 0 fully saturated rings. The van der Waals surface area contributed by atoms with Crippen LogP contribution in [0.4, 0.5) is 0 Å². The van der Waals surface area contributed by atoms with Gasteiger partial charge in [0.05, 0.1) is 13.2 Å². The van der Waals surface area contributed by atoms with Crippen LogP contribution in [-0.4, -0.2) is 69.6 Å². The van der Waals surface area contributed by atoms with E-state index in [1.165, 1.54) is 0 Å². The molecule has 7 nitrogen and oxygen atoms in total. The molecule has 0 bridgehead atoms. The van der Waals surface area contributed by atoms with E-state index in [-0.39, 0.29) is 0 Å². The minimum atomic E-state index is -1.49. The molecule has 0 heterocycles. The van der Waals surface area contributed by atoms with Gasteiger partial charge < -0.3 is 25.2 Å². The standard InChI is InChI=1S/C10H18O7/c1-5(13)9(7(15)3-11)17-10(6(2)14)8(16)4-12/h7-12,15-16H,3-4H2,1-2H3. The van der Waals surface area contributed by atoms with E-state index in [2.05, 4.69) is 0 Å². The van der Waals surface area contributed by atoms with E-state index in [1.807, 2.05) is 0 Å². The summed E-state index contributed by atoms with van der Waals surface area (Å²) in [4.78, 5) is 22.3. The fourth-order valence-electron chi connectivity index (χ4n) is 1.26. The van der Waals surface area contributed by atoms with Gasteiger partial charge in [-0.05, 0) is 13.8 Å². The van der Waals surface area contributed by atoms with Crippen molar-refractivity contribution in [2.75, 3.05) is 13.2 Å². The number of rotatable bonds is 8. The Bertz CT molecular complexity index is 239. The second-order valence-corrected chi connectivity index (χ2v) is 3.70. The Morgan fingerprint density at radius 1 is 0.941 bits per heavy atom. The molecule has 0 saturated heterocycles. The van der Waals surface area contributed by atoms with Gasteiger partial charge in [0.15, 0.2) is 11.6 Å². The van der Waals surface area contributed by atoms with Crippen molar-refractivity contribution >= 4 is 11.6 Å². The highest BCUT2D eigenvalue weighted by Crippen LogP contribution is 2.10. The van der Waals surface area contributed by atoms with Gasteiger partial charge in [-0.25, -0.2) is 0 Å². The summed E-state index contributed by atoms with van der Waals surface area (Å²) in [5.41, 5.74) is 0. The Morgan fingerprint density at radius 3 is 1.41 bits per heavy atom. The fraction of sp³-hybridized carbons (Fsp3) is 0.800. The molecule has 0 aromatic heterocycles. The highest BCUT2D eigenvalue weighted by Gasteiger charge is 2.32. The van der Waals surface area contributed by atoms with Gasteiger partial charge in [0, 0.05) is 0 Å². The molecule has 0 aromatic carbocycles. The van der Waals surface area contributed by atoms with Gasteiger partial charge in [0.1, 0.15) is 24.4 Å². The van der Waals surface area contributed by atoms with Crippen molar-refractivity contribution in [3.63, 3.8) is 0 Å². The van der Waals surface area contributed by atoms with Crippen LogP contribution in [0.2, 0.25) is 0 Å². The van der Waals surface area contributed by atoms with E-state index in [9.17, 15) is 19.8 Å². The summed E-state index contributed by atoms with van der Waals surface area (Å²) >= 11 is 0. The lowest BCUT2D eigenvalue weighted by Crippen LogP contribution is -2.47. The average molecular weight is 250 g/mol. The fourth-order valence-corrected chi connectivity index (χ4v) is 1.26. The van der Waals surface area contributed by atoms with E-state index >= 15 is 0 Å². The average Bonchev–Trinajstić information content (AvgIpc) is 2.27. The molecule has 0 saturated carbocycles. The van der Waals surface area contributed by atoms with Crippen LogP contribution >= 0.6 is 0 Å². The molecule has 7 heteroatoms. The van der Waals surface area contributed by atoms with Crippen molar-refractivity contribution in [1.82, 2.24) is 0 Å². The molecule has 0 radical (unpaired) electrons. The molecule has 17 heavy (non-hydrogen) atoms. The minimum absolute atomic E-state index is 0.595. The maximum Gasteiger partial charge on any atom is 0.161 e. The predicted molar refractivity (Wildman–Crippen MR) is 56.2 cm³/mol. The number of carbonyl (C=O) groups excluding carboxylic acids is 2. The Morgan fingerprint density at radius 2 is 1.24 bits per heavy atom. The van der Waals surface area contributed by atoms with Crippen LogP contribution in [0.1, 0.15) is 13.8 Å². The van der Waals surface area contributed by atoms with Gasteiger partial charge in [0.25, 0.3) is 0 Å². The lowest BCUT2D eigenvalue weighted by Gasteiger charge is -2.26. The van der Waals surface area contributed by atoms with Gasteiger partial charge in [-0.3, -0.25) is 9.59 Å². The van der Waals surface area contributed by atoms with E-state index < -0.39 is 49.2 Å². The molecule has 0 aromatic rings. The number of carbonyl (C=O) groups is 2. The molecule has 100 valence electrons. The molecule has 4 N–H and O–H groups in total. The normalized spacial score (nSPS) is 18.2. The van der Waals surface area contributed by atoms with Crippen LogP contribution < -0.4 is 0 Å². The highest BCUT2D eigenvalue weighted by atomic mass is 16.5. The SMILES string of the molecule is CC(=O)C(OC(C(C)=O)C(O)CO)C(O)CO. The van der Waals surface area contributed by atoms with Crippen LogP contribution in [0.3, 0.4) is 0 Å². The molecular formula is C10H18O7. The Hall–Kier alpha value is -0.860. The number of aliphatic hydroxyl groups excluding tert-OH is 4. The monoisotopic (exact) mass is 250 g/mol. The van der Waals surface area contributed by atoms with Crippen LogP contribution in [-0.2, 0) is 14.3 Å². The molecule has 4 atom stereocenters. The van der Waals surface area contributed by atoms with E-state index in [4.69, 9.17) is 14.9 Å². The summed E-state index contributed by atoms with van der Waals surface area (Å²) in [6.07, 6.45) is -5.81. The zero-order valence-electron chi connectivity index (χ0n) is 9.74. The third-order valence-electron chi connectivity index (χ3n) is 2.17. The van der Waals surface area contributed by atoms with Crippen molar-refractivity contribution in [2.24, 2.45) is 0 Å². The molecule has 4 unspecified atom stereocenters. The number of ether oxygens (including phenoxy) is 1. The quantitative estimate of drug-likeness (QED) is 0.379. The van der Waals surface area contributed by atoms with E-state index in [1.54, 1.807) is 0 Å². The van der Waals surface area contributed by atoms with Crippen molar-refractivity contribution in [3.8, 4) is 0 Å². The Labute approximate surface area is 98.6 Å². The first kappa shape index (κ1) is 16.1. The van der Waals surface area contributed by atoms with Crippen molar-refractivity contribution < 1.29 is 34.8 Å². The van der Waals surface area contributed by atoms with Crippen LogP contribution in [0, 0.1) is 0 Å². The van der Waals surface area contributed by atoms with Crippen molar-refractivity contribution in [3.05, 3.63) is 0 Å². The number of aliphatic hydroxyl groups is 4. The highest BCUT2D eigenvalue weighted by molar-refractivity contribution is 5.84. The summed E-state index contributed by atoms with van der Waals surface area (Å²) in [5, 5.41) is 36.1. The van der Waals surface area contributed by atoms with Gasteiger partial charge >= 0.3 is 0 Å². The number of hydrogen-bond donors (Lipinski definition) is 4. The lowest BCUT2D eigenvalue weighted by atomic mass is 10.1. The predicted octanol–water partition coefficient (Wildman–Crippen LogP) is -2.38. The first-order valence-electron chi connectivity index (χ1n) is 5.09. The molecule has 0 aliphatic rings. The summed E-state index contributed by atoms with van der Waals surface area (Å²) in [6, 6.07) is 0. The van der Waals surface area contributed by atoms with Gasteiger partial charge in [-0.15, -0.1) is 0 Å². The zero-order valence-corrected chi connectivity index (χ0v) is 9.74. The van der Waals surface area contributed by atoms with Crippen LogP contribution in [0.15, 0.2) is 0 Å². The molecule has 0 aliphatic heterocycles. The molecule has 0 amide bonds. The van der Waals surface area contributed by atoms with Gasteiger partial charge in [0.2, 0.25) is 0 Å². The van der Waals surface area contributed by atoms with Crippen LogP contribution in [0.25, 0.3) is 0 Å². The second kappa shape index (κ2) is 7.46. The maximum atomic E-state index is 11.2. The smallest absolute Gasteiger partial charge is 0.161 e. The Kier molecular flexibility index (Phi) is 7.09. The zero-order chi connectivity index (χ0) is 13.6. The largest absolute Gasteiger partial charge is 0.394 e. The number of Topliss-reactive ketones (excluding diaryl/α,β-unsaturated/α-hetero) is 2. The minimum Gasteiger partial charge on any atom is -0.394 e. The van der Waals surface area contributed by atoms with E-state index in [0.29, 0.717) is 0 Å². The summed E-state index contributed by atoms with van der Waals surface area (Å²) in [5.74, 6) is -1.19. The number of ketones is 2. The van der Waals surface area contributed by atoms with Gasteiger partial charge in [-0.2, -0.15) is 0 Å². The topological polar surface area (TPSA) is 124 Å². The first-order valence-corrected chi connectivity index (χ1v) is 5.09. The van der Waals surface area contributed by atoms with Gasteiger partial charge in [-0.1, -0.05) is 0 Å². The number of hydrogen-bond acceptors (Lipinski definition) is 7. The second-order valence-electron chi connectivity index (χ2n) is 3.70. The lowest BCUT2D eigenvalue weighted by molar-refractivity contribution is -0.164. The third-order valence-corrected chi connectivity index (χ3v) is 2.17. The Balaban J connectivity index is 4.80. The maximum absolute atomic E-state index is 11.2. The summed E-state index contributed by atoms with van der Waals surface area (Å²) in [6.45, 7) is 0.798. The van der Waals surface area contributed by atoms with Crippen molar-refractivity contribution in [1.29, 1.82) is 0 Å². The van der Waals surface area contributed by atoms with Crippen molar-refractivity contribution in [2.45, 2.75) is 38.3 Å². The van der Waals surface area contributed by atoms with Crippen LogP contribution in [0.5, 0.6) is 0 Å².